The van der Waals surface area contributed by atoms with Crippen molar-refractivity contribution in [3.63, 3.8) is 0 Å². The number of para-hydroxylation sites is 1. The summed E-state index contributed by atoms with van der Waals surface area (Å²) in [6.07, 6.45) is 0.560. The highest BCUT2D eigenvalue weighted by molar-refractivity contribution is 7.79. The fourth-order valence-electron chi connectivity index (χ4n) is 5.16. The van der Waals surface area contributed by atoms with Gasteiger partial charge in [0.15, 0.2) is 12.3 Å². The Balaban J connectivity index is 1.53. The molecule has 0 aliphatic carbocycles. The minimum Gasteiger partial charge on any atom is -0.446 e. The van der Waals surface area contributed by atoms with Crippen molar-refractivity contribution in [2.24, 2.45) is 0 Å². The van der Waals surface area contributed by atoms with Gasteiger partial charge in [0.05, 0.1) is 19.8 Å². The van der Waals surface area contributed by atoms with Gasteiger partial charge < -0.3 is 23.7 Å². The summed E-state index contributed by atoms with van der Waals surface area (Å²) in [5.41, 5.74) is -0.103. The van der Waals surface area contributed by atoms with E-state index in [0.717, 1.165) is 11.1 Å². The zero-order chi connectivity index (χ0) is 30.9. The Morgan fingerprint density at radius 3 is 2.23 bits per heavy atom. The van der Waals surface area contributed by atoms with Gasteiger partial charge in [-0.1, -0.05) is 84.9 Å². The summed E-state index contributed by atoms with van der Waals surface area (Å²) < 4.78 is 32.9. The number of aromatic nitrogens is 2. The predicted molar refractivity (Wildman–Crippen MR) is 169 cm³/mol. The van der Waals surface area contributed by atoms with Crippen LogP contribution in [0.3, 0.4) is 0 Å². The fraction of sp³-hybridized carbons (Fsp3) is 0.265. The maximum atomic E-state index is 13.2. The minimum absolute atomic E-state index is 0.0765. The molecule has 3 aromatic carbocycles. The lowest BCUT2D eigenvalue weighted by Gasteiger charge is -2.34. The largest absolute Gasteiger partial charge is 0.446 e. The van der Waals surface area contributed by atoms with Crippen LogP contribution in [0.4, 0.5) is 0 Å². The molecule has 5 rings (SSSR count). The molecule has 1 fully saturated rings. The van der Waals surface area contributed by atoms with Crippen LogP contribution in [0, 0.1) is 6.92 Å². The van der Waals surface area contributed by atoms with Crippen LogP contribution in [0.1, 0.15) is 29.3 Å². The highest BCUT2D eigenvalue weighted by Gasteiger charge is 2.58. The fourth-order valence-corrected chi connectivity index (χ4v) is 5.37. The molecular weight excluding hydrogens is 580 g/mol. The third-order valence-corrected chi connectivity index (χ3v) is 7.45. The van der Waals surface area contributed by atoms with Gasteiger partial charge in [-0.2, -0.15) is 0 Å². The number of ether oxygens (including phenoxy) is 5. The Kier molecular flexibility index (Phi) is 10.2. The first-order valence-electron chi connectivity index (χ1n) is 14.2. The lowest BCUT2D eigenvalue weighted by atomic mass is 9.91. The lowest BCUT2D eigenvalue weighted by molar-refractivity contribution is -0.155. The number of aryl methyl sites for hydroxylation is 1. The van der Waals surface area contributed by atoms with Gasteiger partial charge in [0.25, 0.3) is 5.56 Å². The second kappa shape index (κ2) is 14.4. The van der Waals surface area contributed by atoms with E-state index < -0.39 is 35.3 Å². The molecule has 1 aromatic heterocycles. The number of hydrogen-bond donors (Lipinski definition) is 1. The molecule has 0 radical (unpaired) electrons. The maximum Gasteiger partial charge on any atom is 0.358 e. The molecule has 0 spiro atoms. The molecule has 0 saturated carbocycles. The number of benzene rings is 3. The molecule has 9 nitrogen and oxygen atoms in total. The van der Waals surface area contributed by atoms with E-state index in [1.165, 1.54) is 10.8 Å². The molecule has 228 valence electrons. The van der Waals surface area contributed by atoms with Gasteiger partial charge in [-0.25, -0.2) is 4.79 Å². The topological polar surface area (TPSA) is 101 Å². The first-order valence-corrected chi connectivity index (χ1v) is 14.6. The SMILES string of the molecule is C=CC[C@]1(COCc2ccccc2)O[C@@H](n2cc(C)c(=O)[nH]c2=O)C(OC(=S)Oc2ccccc2)[C@H]1OCc1ccccc1. The van der Waals surface area contributed by atoms with E-state index in [1.807, 2.05) is 78.9 Å². The smallest absolute Gasteiger partial charge is 0.358 e. The van der Waals surface area contributed by atoms with E-state index in [1.54, 1.807) is 25.1 Å². The number of nitrogens with zero attached hydrogens (tertiary/aromatic N) is 1. The average molecular weight is 615 g/mol. The number of H-pyrrole nitrogens is 1. The summed E-state index contributed by atoms with van der Waals surface area (Å²) in [4.78, 5) is 27.8. The van der Waals surface area contributed by atoms with Crippen LogP contribution in [0.15, 0.2) is 119 Å². The normalized spacial score (nSPS) is 21.1. The quantitative estimate of drug-likeness (QED) is 0.171. The van der Waals surface area contributed by atoms with Crippen molar-refractivity contribution in [3.8, 4) is 5.75 Å². The van der Waals surface area contributed by atoms with E-state index >= 15 is 0 Å². The van der Waals surface area contributed by atoms with Crippen LogP contribution < -0.4 is 16.0 Å². The highest BCUT2D eigenvalue weighted by Crippen LogP contribution is 2.43. The molecule has 1 aliphatic heterocycles. The zero-order valence-corrected chi connectivity index (χ0v) is 25.1. The molecule has 0 amide bonds. The number of aromatic amines is 1. The van der Waals surface area contributed by atoms with Gasteiger partial charge in [-0.05, 0) is 36.6 Å². The molecule has 1 unspecified atom stereocenters. The van der Waals surface area contributed by atoms with Crippen molar-refractivity contribution in [1.29, 1.82) is 0 Å². The van der Waals surface area contributed by atoms with Gasteiger partial charge in [-0.3, -0.25) is 14.3 Å². The van der Waals surface area contributed by atoms with Gasteiger partial charge in [0, 0.05) is 24.0 Å². The Hall–Kier alpha value is -4.35. The monoisotopic (exact) mass is 614 g/mol. The van der Waals surface area contributed by atoms with Crippen molar-refractivity contribution >= 4 is 17.5 Å². The van der Waals surface area contributed by atoms with Crippen LogP contribution in [0.2, 0.25) is 0 Å². The van der Waals surface area contributed by atoms with E-state index in [9.17, 15) is 9.59 Å². The lowest BCUT2D eigenvalue weighted by Crippen LogP contribution is -2.49. The van der Waals surface area contributed by atoms with Crippen molar-refractivity contribution in [1.82, 2.24) is 9.55 Å². The molecule has 10 heteroatoms. The number of nitrogens with one attached hydrogen (secondary N) is 1. The van der Waals surface area contributed by atoms with E-state index in [-0.39, 0.29) is 18.5 Å². The van der Waals surface area contributed by atoms with Gasteiger partial charge in [0.2, 0.25) is 0 Å². The number of thiocarbonyl (C=S) groups is 1. The Morgan fingerprint density at radius 2 is 1.59 bits per heavy atom. The summed E-state index contributed by atoms with van der Waals surface area (Å²) in [6, 6.07) is 28.4. The van der Waals surface area contributed by atoms with Crippen LogP contribution in [-0.2, 0) is 32.2 Å². The van der Waals surface area contributed by atoms with Crippen LogP contribution in [0.25, 0.3) is 0 Å². The molecule has 1 N–H and O–H groups in total. The van der Waals surface area contributed by atoms with E-state index in [2.05, 4.69) is 11.6 Å². The van der Waals surface area contributed by atoms with Gasteiger partial charge >= 0.3 is 10.9 Å². The van der Waals surface area contributed by atoms with Crippen molar-refractivity contribution < 1.29 is 23.7 Å². The number of rotatable bonds is 12. The third kappa shape index (κ3) is 7.40. The van der Waals surface area contributed by atoms with Gasteiger partial charge in [0.1, 0.15) is 17.5 Å². The Morgan fingerprint density at radius 1 is 0.977 bits per heavy atom. The molecule has 2 heterocycles. The minimum atomic E-state index is -1.16. The Labute approximate surface area is 260 Å². The predicted octanol–water partition coefficient (Wildman–Crippen LogP) is 5.24. The van der Waals surface area contributed by atoms with Crippen molar-refractivity contribution in [2.45, 2.75) is 50.6 Å². The number of hydrogen-bond acceptors (Lipinski definition) is 8. The van der Waals surface area contributed by atoms with Crippen LogP contribution in [0.5, 0.6) is 5.75 Å². The molecular formula is C34H34N2O7S. The van der Waals surface area contributed by atoms with E-state index in [4.69, 9.17) is 35.9 Å². The van der Waals surface area contributed by atoms with Gasteiger partial charge in [-0.15, -0.1) is 6.58 Å². The summed E-state index contributed by atoms with van der Waals surface area (Å²) in [6.45, 7) is 6.18. The molecule has 1 saturated heterocycles. The van der Waals surface area contributed by atoms with Crippen LogP contribution >= 0.6 is 12.2 Å². The summed E-state index contributed by atoms with van der Waals surface area (Å²) >= 11 is 5.52. The molecule has 0 bridgehead atoms. The van der Waals surface area contributed by atoms with Crippen LogP contribution in [-0.4, -0.2) is 39.2 Å². The first-order chi connectivity index (χ1) is 21.4. The summed E-state index contributed by atoms with van der Waals surface area (Å²) in [5.74, 6) is 0.482. The van der Waals surface area contributed by atoms with Crippen molar-refractivity contribution in [3.05, 3.63) is 147 Å². The second-order valence-corrected chi connectivity index (χ2v) is 10.8. The third-order valence-electron chi connectivity index (χ3n) is 7.27. The standard InChI is InChI=1S/C34H34N2O7S/c1-3-19-34(23-39-21-25-13-7-4-8-14-25)29(40-22-26-15-9-5-10-16-26)28(42-33(44)41-27-17-11-6-12-18-27)31(43-34)36-20-24(2)30(37)35-32(36)38/h3-18,20,28-29,31H,1,19,21-23H2,2H3,(H,35,37,38)/t28?,29-,31-,34-/m1/s1. The Bertz CT molecular complexity index is 1660. The van der Waals surface area contributed by atoms with Crippen molar-refractivity contribution in [2.75, 3.05) is 6.61 Å². The van der Waals surface area contributed by atoms with E-state index in [0.29, 0.717) is 24.3 Å². The zero-order valence-electron chi connectivity index (χ0n) is 24.3. The molecule has 44 heavy (non-hydrogen) atoms. The highest BCUT2D eigenvalue weighted by atomic mass is 32.1. The summed E-state index contributed by atoms with van der Waals surface area (Å²) in [7, 11) is 0. The maximum absolute atomic E-state index is 13.2. The molecule has 1 aliphatic rings. The second-order valence-electron chi connectivity index (χ2n) is 10.5. The first kappa shape index (κ1) is 31.1. The molecule has 4 atom stereocenters. The molecule has 4 aromatic rings. The average Bonchev–Trinajstić information content (AvgIpc) is 3.31. The summed E-state index contributed by atoms with van der Waals surface area (Å²) in [5, 5.41) is -0.183.